The Morgan fingerprint density at radius 2 is 1.79 bits per heavy atom. The Hall–Kier alpha value is -3.37. The number of carboxylic acid groups (broad SMARTS) is 1. The van der Waals surface area contributed by atoms with Crippen LogP contribution in [-0.4, -0.2) is 80.1 Å². The number of aliphatic hydroxyl groups is 1. The maximum absolute atomic E-state index is 12.6. The van der Waals surface area contributed by atoms with Crippen LogP contribution >= 0.6 is 0 Å². The normalized spacial score (nSPS) is 17.3. The van der Waals surface area contributed by atoms with Crippen LogP contribution < -0.4 is 5.73 Å². The number of nitrogens with one attached hydrogen (secondary N) is 1. The lowest BCUT2D eigenvalue weighted by Gasteiger charge is -2.37. The second kappa shape index (κ2) is 8.11. The van der Waals surface area contributed by atoms with E-state index in [0.29, 0.717) is 11.1 Å². The maximum Gasteiger partial charge on any atom is 0.317 e. The first-order chi connectivity index (χ1) is 13.3. The van der Waals surface area contributed by atoms with E-state index in [4.69, 9.17) is 16.2 Å². The van der Waals surface area contributed by atoms with Gasteiger partial charge in [0.1, 0.15) is 12.1 Å². The number of aliphatic carboxylic acids is 1. The molecule has 0 radical (unpaired) electrons. The van der Waals surface area contributed by atoms with Gasteiger partial charge in [0, 0.05) is 36.6 Å². The standard InChI is InChI=1S/C18H20N6O4/c19-16(20)12-3-1-11(2-4-12)13-7-21-17(22-8-13)18(28)24-6-5-23(10-15(26)27)14(25)9-24/h1-4,7-8,14,25H,5-6,9-10H2,(H3,19,20)(H,26,27). The molecule has 0 spiro atoms. The largest absolute Gasteiger partial charge is 0.480 e. The molecular weight excluding hydrogens is 364 g/mol. The number of rotatable bonds is 5. The summed E-state index contributed by atoms with van der Waals surface area (Å²) < 4.78 is 0. The Morgan fingerprint density at radius 3 is 2.32 bits per heavy atom. The van der Waals surface area contributed by atoms with E-state index in [1.807, 2.05) is 0 Å². The number of carboxylic acids is 1. The Kier molecular flexibility index (Phi) is 5.62. The van der Waals surface area contributed by atoms with Crippen molar-refractivity contribution in [1.29, 1.82) is 5.41 Å². The summed E-state index contributed by atoms with van der Waals surface area (Å²) in [6, 6.07) is 7.01. The van der Waals surface area contributed by atoms with Gasteiger partial charge in [-0.2, -0.15) is 0 Å². The van der Waals surface area contributed by atoms with E-state index in [0.717, 1.165) is 5.56 Å². The molecule has 0 saturated carbocycles. The van der Waals surface area contributed by atoms with Crippen LogP contribution in [0.1, 0.15) is 16.2 Å². The Balaban J connectivity index is 1.67. The summed E-state index contributed by atoms with van der Waals surface area (Å²) in [7, 11) is 0. The van der Waals surface area contributed by atoms with Crippen molar-refractivity contribution in [2.24, 2.45) is 5.73 Å². The fourth-order valence-electron chi connectivity index (χ4n) is 2.92. The van der Waals surface area contributed by atoms with Gasteiger partial charge in [0.15, 0.2) is 0 Å². The van der Waals surface area contributed by atoms with Crippen LogP contribution in [0.2, 0.25) is 0 Å². The average Bonchev–Trinajstić information content (AvgIpc) is 2.69. The van der Waals surface area contributed by atoms with E-state index in [1.165, 1.54) is 22.2 Å². The summed E-state index contributed by atoms with van der Waals surface area (Å²) >= 11 is 0. The van der Waals surface area contributed by atoms with Crippen molar-refractivity contribution >= 4 is 17.7 Å². The number of amidine groups is 1. The number of aliphatic hydroxyl groups excluding tert-OH is 1. The number of aromatic nitrogens is 2. The highest BCUT2D eigenvalue weighted by Crippen LogP contribution is 2.18. The summed E-state index contributed by atoms with van der Waals surface area (Å²) in [5.41, 5.74) is 7.57. The average molecular weight is 384 g/mol. The number of β-amino-alcohol motifs (C(OH)–C–C–N with tert-alkyl or cyclic N) is 1. The summed E-state index contributed by atoms with van der Waals surface area (Å²) in [6.45, 7) is 0.237. The first kappa shape index (κ1) is 19.4. The number of nitrogens with two attached hydrogens (primary N) is 1. The number of carbonyl (C=O) groups excluding carboxylic acids is 1. The van der Waals surface area contributed by atoms with Gasteiger partial charge in [-0.25, -0.2) is 9.97 Å². The summed E-state index contributed by atoms with van der Waals surface area (Å²) in [5.74, 6) is -1.47. The number of carbonyl (C=O) groups is 2. The first-order valence-electron chi connectivity index (χ1n) is 8.55. The van der Waals surface area contributed by atoms with Crippen molar-refractivity contribution in [3.8, 4) is 11.1 Å². The number of piperazine rings is 1. The number of amides is 1. The molecule has 2 heterocycles. The highest BCUT2D eigenvalue weighted by atomic mass is 16.4. The van der Waals surface area contributed by atoms with Gasteiger partial charge in [-0.1, -0.05) is 24.3 Å². The molecule has 0 bridgehead atoms. The van der Waals surface area contributed by atoms with Gasteiger partial charge in [-0.3, -0.25) is 19.9 Å². The first-order valence-corrected chi connectivity index (χ1v) is 8.55. The summed E-state index contributed by atoms with van der Waals surface area (Å²) in [5, 5.41) is 26.3. The van der Waals surface area contributed by atoms with Crippen LogP contribution in [0.5, 0.6) is 0 Å². The smallest absolute Gasteiger partial charge is 0.317 e. The van der Waals surface area contributed by atoms with Crippen LogP contribution in [0.15, 0.2) is 36.7 Å². The van der Waals surface area contributed by atoms with Crippen LogP contribution in [0.25, 0.3) is 11.1 Å². The minimum absolute atomic E-state index is 0.00277. The van der Waals surface area contributed by atoms with Gasteiger partial charge < -0.3 is 20.8 Å². The van der Waals surface area contributed by atoms with Gasteiger partial charge in [-0.05, 0) is 5.56 Å². The van der Waals surface area contributed by atoms with E-state index < -0.39 is 18.1 Å². The van der Waals surface area contributed by atoms with Gasteiger partial charge in [0.05, 0.1) is 13.1 Å². The zero-order valence-electron chi connectivity index (χ0n) is 14.9. The quantitative estimate of drug-likeness (QED) is 0.400. The summed E-state index contributed by atoms with van der Waals surface area (Å²) in [4.78, 5) is 34.4. The number of hydrogen-bond donors (Lipinski definition) is 4. The maximum atomic E-state index is 12.6. The Labute approximate surface area is 160 Å². The lowest BCUT2D eigenvalue weighted by atomic mass is 10.1. The van der Waals surface area contributed by atoms with Crippen molar-refractivity contribution in [1.82, 2.24) is 19.8 Å². The number of nitrogen functional groups attached to an aromatic ring is 1. The highest BCUT2D eigenvalue weighted by Gasteiger charge is 2.30. The molecular formula is C18H20N6O4. The van der Waals surface area contributed by atoms with Crippen LogP contribution in [-0.2, 0) is 4.79 Å². The summed E-state index contributed by atoms with van der Waals surface area (Å²) in [6.07, 6.45) is 2.01. The lowest BCUT2D eigenvalue weighted by molar-refractivity contribution is -0.143. The molecule has 1 amide bonds. The van der Waals surface area contributed by atoms with Crippen LogP contribution in [0, 0.1) is 5.41 Å². The molecule has 1 fully saturated rings. The van der Waals surface area contributed by atoms with E-state index in [1.54, 1.807) is 24.3 Å². The number of nitrogens with zero attached hydrogens (tertiary/aromatic N) is 4. The van der Waals surface area contributed by atoms with Crippen molar-refractivity contribution in [2.45, 2.75) is 6.23 Å². The SMILES string of the molecule is N=C(N)c1ccc(-c2cnc(C(=O)N3CCN(CC(=O)O)C(O)C3)nc2)cc1. The Morgan fingerprint density at radius 1 is 1.14 bits per heavy atom. The van der Waals surface area contributed by atoms with Gasteiger partial charge in [-0.15, -0.1) is 0 Å². The fraction of sp³-hybridized carbons (Fsp3) is 0.278. The van der Waals surface area contributed by atoms with Crippen molar-refractivity contribution < 1.29 is 19.8 Å². The molecule has 3 rings (SSSR count). The molecule has 1 aromatic heterocycles. The molecule has 10 heteroatoms. The van der Waals surface area contributed by atoms with Crippen LogP contribution in [0.4, 0.5) is 0 Å². The molecule has 1 saturated heterocycles. The predicted molar refractivity (Wildman–Crippen MR) is 99.6 cm³/mol. The zero-order chi connectivity index (χ0) is 20.3. The number of benzene rings is 1. The van der Waals surface area contributed by atoms with E-state index >= 15 is 0 Å². The third-order valence-electron chi connectivity index (χ3n) is 4.46. The molecule has 5 N–H and O–H groups in total. The highest BCUT2D eigenvalue weighted by molar-refractivity contribution is 5.95. The van der Waals surface area contributed by atoms with Gasteiger partial charge >= 0.3 is 5.97 Å². The van der Waals surface area contributed by atoms with E-state index in [-0.39, 0.29) is 37.8 Å². The second-order valence-electron chi connectivity index (χ2n) is 6.38. The number of hydrogen-bond acceptors (Lipinski definition) is 7. The van der Waals surface area contributed by atoms with Crippen molar-refractivity contribution in [2.75, 3.05) is 26.2 Å². The van der Waals surface area contributed by atoms with Gasteiger partial charge in [0.2, 0.25) is 5.82 Å². The molecule has 28 heavy (non-hydrogen) atoms. The molecule has 10 nitrogen and oxygen atoms in total. The van der Waals surface area contributed by atoms with E-state index in [2.05, 4.69) is 9.97 Å². The molecule has 1 aliphatic heterocycles. The van der Waals surface area contributed by atoms with Crippen molar-refractivity contribution in [3.63, 3.8) is 0 Å². The minimum Gasteiger partial charge on any atom is -0.480 e. The molecule has 1 unspecified atom stereocenters. The fourth-order valence-corrected chi connectivity index (χ4v) is 2.92. The third-order valence-corrected chi connectivity index (χ3v) is 4.46. The monoisotopic (exact) mass is 384 g/mol. The second-order valence-corrected chi connectivity index (χ2v) is 6.38. The lowest BCUT2D eigenvalue weighted by Crippen LogP contribution is -2.56. The molecule has 0 aliphatic carbocycles. The zero-order valence-corrected chi connectivity index (χ0v) is 14.9. The predicted octanol–water partition coefficient (Wildman–Crippen LogP) is -0.412. The van der Waals surface area contributed by atoms with Crippen molar-refractivity contribution in [3.05, 3.63) is 48.0 Å². The minimum atomic E-state index is -1.05. The Bertz CT molecular complexity index is 884. The topological polar surface area (TPSA) is 157 Å². The van der Waals surface area contributed by atoms with Crippen LogP contribution in [0.3, 0.4) is 0 Å². The van der Waals surface area contributed by atoms with E-state index in [9.17, 15) is 14.7 Å². The molecule has 146 valence electrons. The third kappa shape index (κ3) is 4.30. The molecule has 1 atom stereocenters. The molecule has 1 aromatic carbocycles. The molecule has 2 aromatic rings. The van der Waals surface area contributed by atoms with Gasteiger partial charge in [0.25, 0.3) is 5.91 Å². The molecule has 1 aliphatic rings.